The van der Waals surface area contributed by atoms with Crippen LogP contribution in [0, 0.1) is 0 Å². The second-order valence-electron chi connectivity index (χ2n) is 3.48. The van der Waals surface area contributed by atoms with Crippen LogP contribution in [-0.2, 0) is 17.5 Å². The molecule has 2 heterocycles. The molecule has 1 aromatic rings. The molecule has 1 aromatic heterocycles. The lowest BCUT2D eigenvalue weighted by Gasteiger charge is -2.20. The lowest BCUT2D eigenvalue weighted by atomic mass is 9.96. The summed E-state index contributed by atoms with van der Waals surface area (Å²) in [4.78, 5) is 10.8. The van der Waals surface area contributed by atoms with E-state index in [1.165, 1.54) is 0 Å². The summed E-state index contributed by atoms with van der Waals surface area (Å²) in [5, 5.41) is 16.8. The van der Waals surface area contributed by atoms with E-state index in [-0.39, 0.29) is 24.3 Å². The van der Waals surface area contributed by atoms with Crippen molar-refractivity contribution in [2.45, 2.75) is 18.6 Å². The van der Waals surface area contributed by atoms with Gasteiger partial charge in [0.2, 0.25) is 0 Å². The molecule has 1 aliphatic rings. The number of carboxylic acid groups (broad SMARTS) is 1. The number of fused-ring (bicyclic) bond motifs is 1. The van der Waals surface area contributed by atoms with Gasteiger partial charge in [-0.2, -0.15) is 18.3 Å². The van der Waals surface area contributed by atoms with E-state index in [1.807, 2.05) is 0 Å². The third-order valence-electron chi connectivity index (χ3n) is 2.46. The highest BCUT2D eigenvalue weighted by atomic mass is 19.4. The SMILES string of the molecule is O=C(O)C1CNCc2c(C(F)(F)F)n[nH]c21. The van der Waals surface area contributed by atoms with Gasteiger partial charge in [0.05, 0.1) is 5.69 Å². The van der Waals surface area contributed by atoms with Crippen LogP contribution in [0.5, 0.6) is 0 Å². The van der Waals surface area contributed by atoms with Gasteiger partial charge in [0, 0.05) is 18.7 Å². The van der Waals surface area contributed by atoms with Crippen molar-refractivity contribution < 1.29 is 23.1 Å². The highest BCUT2D eigenvalue weighted by molar-refractivity contribution is 5.76. The largest absolute Gasteiger partial charge is 0.481 e. The van der Waals surface area contributed by atoms with Gasteiger partial charge in [-0.05, 0) is 0 Å². The summed E-state index contributed by atoms with van der Waals surface area (Å²) in [5.41, 5.74) is -1.11. The minimum atomic E-state index is -4.56. The molecule has 88 valence electrons. The number of hydrogen-bond donors (Lipinski definition) is 3. The molecular weight excluding hydrogens is 227 g/mol. The molecule has 0 spiro atoms. The van der Waals surface area contributed by atoms with Crippen molar-refractivity contribution in [3.8, 4) is 0 Å². The average Bonchev–Trinajstić information content (AvgIpc) is 2.59. The number of rotatable bonds is 1. The molecule has 1 unspecified atom stereocenters. The van der Waals surface area contributed by atoms with Gasteiger partial charge in [-0.25, -0.2) is 0 Å². The second-order valence-corrected chi connectivity index (χ2v) is 3.48. The molecular formula is C8H8F3N3O2. The highest BCUT2D eigenvalue weighted by Crippen LogP contribution is 2.34. The molecule has 2 rings (SSSR count). The lowest BCUT2D eigenvalue weighted by Crippen LogP contribution is -2.33. The van der Waals surface area contributed by atoms with Gasteiger partial charge in [0.1, 0.15) is 5.92 Å². The Kier molecular flexibility index (Phi) is 2.38. The third-order valence-corrected chi connectivity index (χ3v) is 2.46. The molecule has 16 heavy (non-hydrogen) atoms. The first-order chi connectivity index (χ1) is 7.41. The van der Waals surface area contributed by atoms with Crippen LogP contribution in [0.25, 0.3) is 0 Å². The van der Waals surface area contributed by atoms with E-state index in [4.69, 9.17) is 5.11 Å². The molecule has 0 aliphatic carbocycles. The van der Waals surface area contributed by atoms with Crippen molar-refractivity contribution in [1.29, 1.82) is 0 Å². The summed E-state index contributed by atoms with van der Waals surface area (Å²) in [6.07, 6.45) is -4.56. The number of carbonyl (C=O) groups is 1. The number of nitrogens with zero attached hydrogens (tertiary/aromatic N) is 1. The Hall–Kier alpha value is -1.57. The average molecular weight is 235 g/mol. The zero-order chi connectivity index (χ0) is 11.9. The zero-order valence-corrected chi connectivity index (χ0v) is 7.93. The molecule has 5 nitrogen and oxygen atoms in total. The molecule has 3 N–H and O–H groups in total. The normalized spacial score (nSPS) is 20.6. The van der Waals surface area contributed by atoms with Crippen LogP contribution in [-0.4, -0.2) is 27.8 Å². The number of aliphatic carboxylic acids is 1. The minimum Gasteiger partial charge on any atom is -0.481 e. The summed E-state index contributed by atoms with van der Waals surface area (Å²) >= 11 is 0. The Morgan fingerprint density at radius 3 is 2.75 bits per heavy atom. The van der Waals surface area contributed by atoms with Gasteiger partial charge < -0.3 is 10.4 Å². The van der Waals surface area contributed by atoms with Crippen LogP contribution in [0.1, 0.15) is 22.9 Å². The lowest BCUT2D eigenvalue weighted by molar-refractivity contribution is -0.142. The number of nitrogens with one attached hydrogen (secondary N) is 2. The summed E-state index contributed by atoms with van der Waals surface area (Å²) in [6, 6.07) is 0. The number of carboxylic acids is 1. The van der Waals surface area contributed by atoms with Gasteiger partial charge in [-0.3, -0.25) is 9.89 Å². The van der Waals surface area contributed by atoms with Crippen molar-refractivity contribution >= 4 is 5.97 Å². The zero-order valence-electron chi connectivity index (χ0n) is 7.93. The molecule has 1 atom stereocenters. The summed E-state index contributed by atoms with van der Waals surface area (Å²) in [5.74, 6) is -2.18. The van der Waals surface area contributed by atoms with Crippen LogP contribution in [0.15, 0.2) is 0 Å². The standard InChI is InChI=1S/C8H8F3N3O2/c9-8(10,11)6-3-1-12-2-4(7(15)16)5(3)13-14-6/h4,12H,1-2H2,(H,13,14)(H,15,16). The Morgan fingerprint density at radius 1 is 1.50 bits per heavy atom. The van der Waals surface area contributed by atoms with Crippen molar-refractivity contribution in [3.63, 3.8) is 0 Å². The van der Waals surface area contributed by atoms with E-state index in [2.05, 4.69) is 15.5 Å². The number of halogens is 3. The molecule has 0 saturated carbocycles. The number of H-pyrrole nitrogens is 1. The number of aromatic amines is 1. The van der Waals surface area contributed by atoms with Gasteiger partial charge in [-0.1, -0.05) is 0 Å². The van der Waals surface area contributed by atoms with Gasteiger partial charge in [0.25, 0.3) is 0 Å². The van der Waals surface area contributed by atoms with E-state index in [9.17, 15) is 18.0 Å². The Bertz CT molecular complexity index is 427. The first-order valence-corrected chi connectivity index (χ1v) is 4.49. The maximum Gasteiger partial charge on any atom is 0.435 e. The van der Waals surface area contributed by atoms with E-state index in [0.717, 1.165) is 0 Å². The molecule has 0 radical (unpaired) electrons. The van der Waals surface area contributed by atoms with Gasteiger partial charge in [-0.15, -0.1) is 0 Å². The summed E-state index contributed by atoms with van der Waals surface area (Å²) in [7, 11) is 0. The number of alkyl halides is 3. The Balaban J connectivity index is 2.46. The summed E-state index contributed by atoms with van der Waals surface area (Å²) < 4.78 is 37.4. The van der Waals surface area contributed by atoms with Crippen LogP contribution in [0.4, 0.5) is 13.2 Å². The quantitative estimate of drug-likeness (QED) is 0.669. The van der Waals surface area contributed by atoms with Crippen LogP contribution >= 0.6 is 0 Å². The van der Waals surface area contributed by atoms with Crippen LogP contribution < -0.4 is 5.32 Å². The molecule has 0 bridgehead atoms. The molecule has 8 heteroatoms. The maximum atomic E-state index is 12.5. The maximum absolute atomic E-state index is 12.5. The van der Waals surface area contributed by atoms with Crippen LogP contribution in [0.3, 0.4) is 0 Å². The molecule has 0 amide bonds. The predicted molar refractivity (Wildman–Crippen MR) is 45.7 cm³/mol. The monoisotopic (exact) mass is 235 g/mol. The van der Waals surface area contributed by atoms with E-state index in [1.54, 1.807) is 0 Å². The Labute approximate surface area is 87.6 Å². The van der Waals surface area contributed by atoms with Gasteiger partial charge >= 0.3 is 12.1 Å². The van der Waals surface area contributed by atoms with Gasteiger partial charge in [0.15, 0.2) is 5.69 Å². The first kappa shape index (κ1) is 10.9. The summed E-state index contributed by atoms with van der Waals surface area (Å²) in [6.45, 7) is 0.0757. The smallest absolute Gasteiger partial charge is 0.435 e. The van der Waals surface area contributed by atoms with E-state index in [0.29, 0.717) is 0 Å². The number of hydrogen-bond acceptors (Lipinski definition) is 3. The number of aromatic nitrogens is 2. The molecule has 0 fully saturated rings. The fraction of sp³-hybridized carbons (Fsp3) is 0.500. The Morgan fingerprint density at radius 2 is 2.19 bits per heavy atom. The van der Waals surface area contributed by atoms with Crippen molar-refractivity contribution in [3.05, 3.63) is 17.0 Å². The van der Waals surface area contributed by atoms with Crippen molar-refractivity contribution in [2.24, 2.45) is 0 Å². The fourth-order valence-corrected chi connectivity index (χ4v) is 1.73. The minimum absolute atomic E-state index is 0.0234. The first-order valence-electron chi connectivity index (χ1n) is 4.49. The molecule has 0 saturated heterocycles. The van der Waals surface area contributed by atoms with Crippen LogP contribution in [0.2, 0.25) is 0 Å². The fourth-order valence-electron chi connectivity index (χ4n) is 1.73. The topological polar surface area (TPSA) is 78.0 Å². The van der Waals surface area contributed by atoms with E-state index >= 15 is 0 Å². The van der Waals surface area contributed by atoms with E-state index < -0.39 is 23.8 Å². The molecule has 0 aromatic carbocycles. The second kappa shape index (κ2) is 3.48. The highest BCUT2D eigenvalue weighted by Gasteiger charge is 2.41. The third kappa shape index (κ3) is 1.64. The van der Waals surface area contributed by atoms with Crippen molar-refractivity contribution in [2.75, 3.05) is 6.54 Å². The van der Waals surface area contributed by atoms with Crippen molar-refractivity contribution in [1.82, 2.24) is 15.5 Å². The molecule has 1 aliphatic heterocycles. The predicted octanol–water partition coefficient (Wildman–Crippen LogP) is 0.700.